The predicted octanol–water partition coefficient (Wildman–Crippen LogP) is 4.44. The lowest BCUT2D eigenvalue weighted by Gasteiger charge is -2.10. The van der Waals surface area contributed by atoms with Gasteiger partial charge in [0.1, 0.15) is 0 Å². The molecule has 2 aromatic carbocycles. The number of hydrogen-bond donors (Lipinski definition) is 1. The van der Waals surface area contributed by atoms with E-state index in [1.807, 2.05) is 43.3 Å². The SMILES string of the molecule is COc1ccccc1Oc1ccc(NC(=O)c2cccc(C)c2)cn1. The number of aryl methyl sites for hydroxylation is 1. The van der Waals surface area contributed by atoms with E-state index in [-0.39, 0.29) is 5.91 Å². The molecule has 126 valence electrons. The van der Waals surface area contributed by atoms with E-state index in [4.69, 9.17) is 9.47 Å². The number of amides is 1. The normalized spacial score (nSPS) is 10.2. The van der Waals surface area contributed by atoms with E-state index < -0.39 is 0 Å². The molecule has 0 saturated carbocycles. The fourth-order valence-electron chi connectivity index (χ4n) is 2.32. The van der Waals surface area contributed by atoms with Crippen LogP contribution in [0.1, 0.15) is 15.9 Å². The number of nitrogens with zero attached hydrogens (tertiary/aromatic N) is 1. The highest BCUT2D eigenvalue weighted by Crippen LogP contribution is 2.30. The Kier molecular flexibility index (Phi) is 4.95. The van der Waals surface area contributed by atoms with Crippen molar-refractivity contribution < 1.29 is 14.3 Å². The Morgan fingerprint density at radius 2 is 1.80 bits per heavy atom. The average molecular weight is 334 g/mol. The molecule has 0 aliphatic carbocycles. The van der Waals surface area contributed by atoms with Gasteiger partial charge in [-0.25, -0.2) is 4.98 Å². The molecule has 5 heteroatoms. The van der Waals surface area contributed by atoms with Crippen LogP contribution in [-0.2, 0) is 0 Å². The molecule has 0 unspecified atom stereocenters. The first-order chi connectivity index (χ1) is 12.2. The standard InChI is InChI=1S/C20H18N2O3/c1-14-6-5-7-15(12-14)20(23)22-16-10-11-19(21-13-16)25-18-9-4-3-8-17(18)24-2/h3-13H,1-2H3,(H,22,23). The maximum absolute atomic E-state index is 12.2. The fraction of sp³-hybridized carbons (Fsp3) is 0.100. The summed E-state index contributed by atoms with van der Waals surface area (Å²) in [7, 11) is 1.58. The Morgan fingerprint density at radius 1 is 1.00 bits per heavy atom. The molecule has 1 amide bonds. The van der Waals surface area contributed by atoms with Crippen LogP contribution in [0.5, 0.6) is 17.4 Å². The number of nitrogens with one attached hydrogen (secondary N) is 1. The molecule has 1 heterocycles. The number of carbonyl (C=O) groups excluding carboxylic acids is 1. The van der Waals surface area contributed by atoms with Gasteiger partial charge in [0.25, 0.3) is 5.91 Å². The van der Waals surface area contributed by atoms with E-state index in [0.717, 1.165) is 5.56 Å². The lowest BCUT2D eigenvalue weighted by Crippen LogP contribution is -2.12. The predicted molar refractivity (Wildman–Crippen MR) is 96.4 cm³/mol. The number of anilines is 1. The molecule has 1 N–H and O–H groups in total. The van der Waals surface area contributed by atoms with Crippen LogP contribution in [0.25, 0.3) is 0 Å². The molecule has 0 radical (unpaired) electrons. The topological polar surface area (TPSA) is 60.5 Å². The third-order valence-electron chi connectivity index (χ3n) is 3.56. The smallest absolute Gasteiger partial charge is 0.255 e. The highest BCUT2D eigenvalue weighted by molar-refractivity contribution is 6.04. The van der Waals surface area contributed by atoms with Crippen LogP contribution in [0.2, 0.25) is 0 Å². The van der Waals surface area contributed by atoms with E-state index in [0.29, 0.717) is 28.6 Å². The number of ether oxygens (including phenoxy) is 2. The summed E-state index contributed by atoms with van der Waals surface area (Å²) in [6.45, 7) is 1.95. The first kappa shape index (κ1) is 16.5. The molecule has 3 aromatic rings. The molecule has 25 heavy (non-hydrogen) atoms. The van der Waals surface area contributed by atoms with E-state index in [1.165, 1.54) is 0 Å². The largest absolute Gasteiger partial charge is 0.493 e. The van der Waals surface area contributed by atoms with Gasteiger partial charge in [-0.1, -0.05) is 29.8 Å². The van der Waals surface area contributed by atoms with Gasteiger partial charge in [0, 0.05) is 11.6 Å². The van der Waals surface area contributed by atoms with Crippen LogP contribution in [-0.4, -0.2) is 18.0 Å². The molecule has 3 rings (SSSR count). The van der Waals surface area contributed by atoms with Crippen molar-refractivity contribution in [2.75, 3.05) is 12.4 Å². The zero-order valence-electron chi connectivity index (χ0n) is 14.0. The second kappa shape index (κ2) is 7.49. The Hall–Kier alpha value is -3.34. The summed E-state index contributed by atoms with van der Waals surface area (Å²) in [6, 6.07) is 18.2. The quantitative estimate of drug-likeness (QED) is 0.749. The number of hydrogen-bond acceptors (Lipinski definition) is 4. The van der Waals surface area contributed by atoms with E-state index in [9.17, 15) is 4.79 Å². The van der Waals surface area contributed by atoms with Crippen molar-refractivity contribution in [2.45, 2.75) is 6.92 Å². The van der Waals surface area contributed by atoms with Crippen LogP contribution >= 0.6 is 0 Å². The Morgan fingerprint density at radius 3 is 2.48 bits per heavy atom. The Labute approximate surface area is 146 Å². The lowest BCUT2D eigenvalue weighted by atomic mass is 10.1. The maximum Gasteiger partial charge on any atom is 0.255 e. The third kappa shape index (κ3) is 4.14. The molecule has 0 bridgehead atoms. The number of carbonyl (C=O) groups is 1. The maximum atomic E-state index is 12.2. The summed E-state index contributed by atoms with van der Waals surface area (Å²) in [5, 5.41) is 2.82. The van der Waals surface area contributed by atoms with E-state index >= 15 is 0 Å². The van der Waals surface area contributed by atoms with Gasteiger partial charge in [0.05, 0.1) is 19.0 Å². The van der Waals surface area contributed by atoms with Crippen molar-refractivity contribution in [3.8, 4) is 17.4 Å². The second-order valence-electron chi connectivity index (χ2n) is 5.46. The summed E-state index contributed by atoms with van der Waals surface area (Å²) >= 11 is 0. The molecule has 0 atom stereocenters. The first-order valence-corrected chi connectivity index (χ1v) is 7.80. The zero-order valence-corrected chi connectivity index (χ0v) is 14.0. The molecule has 0 aliphatic heterocycles. The Bertz CT molecular complexity index is 876. The van der Waals surface area contributed by atoms with Gasteiger partial charge >= 0.3 is 0 Å². The van der Waals surface area contributed by atoms with Crippen LogP contribution in [0.15, 0.2) is 66.9 Å². The highest BCUT2D eigenvalue weighted by Gasteiger charge is 2.08. The van der Waals surface area contributed by atoms with Crippen molar-refractivity contribution in [2.24, 2.45) is 0 Å². The van der Waals surface area contributed by atoms with Crippen LogP contribution in [0.4, 0.5) is 5.69 Å². The summed E-state index contributed by atoms with van der Waals surface area (Å²) in [5.41, 5.74) is 2.24. The monoisotopic (exact) mass is 334 g/mol. The van der Waals surface area contributed by atoms with E-state index in [1.54, 1.807) is 37.6 Å². The summed E-state index contributed by atoms with van der Waals surface area (Å²) < 4.78 is 11.0. The minimum Gasteiger partial charge on any atom is -0.493 e. The summed E-state index contributed by atoms with van der Waals surface area (Å²) in [4.78, 5) is 16.5. The highest BCUT2D eigenvalue weighted by atomic mass is 16.5. The third-order valence-corrected chi connectivity index (χ3v) is 3.56. The van der Waals surface area contributed by atoms with Gasteiger partial charge in [-0.3, -0.25) is 4.79 Å². The molecule has 0 saturated heterocycles. The zero-order chi connectivity index (χ0) is 17.6. The minimum atomic E-state index is -0.177. The van der Waals surface area contributed by atoms with Gasteiger partial charge in [-0.15, -0.1) is 0 Å². The summed E-state index contributed by atoms with van der Waals surface area (Å²) in [5.74, 6) is 1.44. The van der Waals surface area contributed by atoms with Gasteiger partial charge in [0.15, 0.2) is 11.5 Å². The Balaban J connectivity index is 1.69. The minimum absolute atomic E-state index is 0.177. The molecular formula is C20H18N2O3. The van der Waals surface area contributed by atoms with Gasteiger partial charge in [0.2, 0.25) is 5.88 Å². The number of rotatable bonds is 5. The molecule has 0 aliphatic rings. The van der Waals surface area contributed by atoms with Crippen LogP contribution in [0.3, 0.4) is 0 Å². The fourth-order valence-corrected chi connectivity index (χ4v) is 2.32. The molecule has 1 aromatic heterocycles. The molecule has 0 fully saturated rings. The van der Waals surface area contributed by atoms with Crippen molar-refractivity contribution in [1.29, 1.82) is 0 Å². The van der Waals surface area contributed by atoms with Crippen molar-refractivity contribution >= 4 is 11.6 Å². The van der Waals surface area contributed by atoms with Crippen molar-refractivity contribution in [3.63, 3.8) is 0 Å². The second-order valence-corrected chi connectivity index (χ2v) is 5.46. The molecule has 0 spiro atoms. The van der Waals surface area contributed by atoms with Gasteiger partial charge in [-0.05, 0) is 37.3 Å². The van der Waals surface area contributed by atoms with Gasteiger partial charge < -0.3 is 14.8 Å². The summed E-state index contributed by atoms with van der Waals surface area (Å²) in [6.07, 6.45) is 1.55. The number of aromatic nitrogens is 1. The number of para-hydroxylation sites is 2. The number of pyridine rings is 1. The van der Waals surface area contributed by atoms with Crippen molar-refractivity contribution in [1.82, 2.24) is 4.98 Å². The molecular weight excluding hydrogens is 316 g/mol. The lowest BCUT2D eigenvalue weighted by molar-refractivity contribution is 0.102. The first-order valence-electron chi connectivity index (χ1n) is 7.80. The average Bonchev–Trinajstić information content (AvgIpc) is 2.64. The number of methoxy groups -OCH3 is 1. The van der Waals surface area contributed by atoms with Crippen LogP contribution in [0, 0.1) is 6.92 Å². The number of benzene rings is 2. The molecule has 5 nitrogen and oxygen atoms in total. The van der Waals surface area contributed by atoms with E-state index in [2.05, 4.69) is 10.3 Å². The van der Waals surface area contributed by atoms with Gasteiger partial charge in [-0.2, -0.15) is 0 Å². The van der Waals surface area contributed by atoms with Crippen molar-refractivity contribution in [3.05, 3.63) is 78.0 Å². The van der Waals surface area contributed by atoms with Crippen LogP contribution < -0.4 is 14.8 Å².